The minimum absolute atomic E-state index is 0.00992. The van der Waals surface area contributed by atoms with Crippen molar-refractivity contribution in [2.75, 3.05) is 12.4 Å². The van der Waals surface area contributed by atoms with Crippen LogP contribution in [0.1, 0.15) is 42.3 Å². The number of para-hydroxylation sites is 1. The summed E-state index contributed by atoms with van der Waals surface area (Å²) in [5.74, 6) is -0.0551. The van der Waals surface area contributed by atoms with Gasteiger partial charge in [-0.15, -0.1) is 0 Å². The summed E-state index contributed by atoms with van der Waals surface area (Å²) < 4.78 is 5.19. The van der Waals surface area contributed by atoms with Crippen LogP contribution in [0, 0.1) is 0 Å². The van der Waals surface area contributed by atoms with Gasteiger partial charge >= 0.3 is 0 Å². The lowest BCUT2D eigenvalue weighted by Crippen LogP contribution is -2.30. The van der Waals surface area contributed by atoms with Crippen molar-refractivity contribution < 1.29 is 14.3 Å². The van der Waals surface area contributed by atoms with Crippen LogP contribution in [0.5, 0.6) is 5.75 Å². The Labute approximate surface area is 189 Å². The zero-order valence-electron chi connectivity index (χ0n) is 18.8. The third kappa shape index (κ3) is 6.08. The molecule has 0 unspecified atom stereocenters. The SMILES string of the molecule is COc1ccc(/C=C(/NC(=O)c2ccc(C(C)(C)C)cc2)C(=O)Nc2ccccc2)cc1. The van der Waals surface area contributed by atoms with Crippen LogP contribution in [0.3, 0.4) is 0 Å². The lowest BCUT2D eigenvalue weighted by atomic mass is 9.87. The molecule has 5 heteroatoms. The van der Waals surface area contributed by atoms with E-state index in [1.54, 1.807) is 49.6 Å². The first kappa shape index (κ1) is 22.8. The Morgan fingerprint density at radius 3 is 2.03 bits per heavy atom. The van der Waals surface area contributed by atoms with E-state index in [-0.39, 0.29) is 17.0 Å². The molecule has 0 aromatic heterocycles. The van der Waals surface area contributed by atoms with Crippen LogP contribution in [0.25, 0.3) is 6.08 Å². The van der Waals surface area contributed by atoms with Gasteiger partial charge in [0.15, 0.2) is 0 Å². The number of benzene rings is 3. The number of anilines is 1. The fraction of sp³-hybridized carbons (Fsp3) is 0.185. The second-order valence-corrected chi connectivity index (χ2v) is 8.43. The second-order valence-electron chi connectivity index (χ2n) is 8.43. The average Bonchev–Trinajstić information content (AvgIpc) is 2.79. The van der Waals surface area contributed by atoms with Crippen molar-refractivity contribution in [3.05, 3.63) is 101 Å². The van der Waals surface area contributed by atoms with Gasteiger partial charge in [0, 0.05) is 11.3 Å². The van der Waals surface area contributed by atoms with Crippen molar-refractivity contribution in [2.45, 2.75) is 26.2 Å². The summed E-state index contributed by atoms with van der Waals surface area (Å²) in [5.41, 5.74) is 3.14. The third-order valence-corrected chi connectivity index (χ3v) is 4.96. The summed E-state index contributed by atoms with van der Waals surface area (Å²) in [6.07, 6.45) is 1.64. The molecule has 0 heterocycles. The number of rotatable bonds is 6. The van der Waals surface area contributed by atoms with E-state index in [2.05, 4.69) is 31.4 Å². The highest BCUT2D eigenvalue weighted by atomic mass is 16.5. The van der Waals surface area contributed by atoms with Crippen molar-refractivity contribution in [3.63, 3.8) is 0 Å². The molecule has 32 heavy (non-hydrogen) atoms. The summed E-state index contributed by atoms with van der Waals surface area (Å²) in [5, 5.41) is 5.59. The molecule has 0 bridgehead atoms. The van der Waals surface area contributed by atoms with Gasteiger partial charge in [0.2, 0.25) is 0 Å². The topological polar surface area (TPSA) is 67.4 Å². The Morgan fingerprint density at radius 1 is 0.844 bits per heavy atom. The molecule has 0 saturated heterocycles. The van der Waals surface area contributed by atoms with Crippen molar-refractivity contribution in [1.29, 1.82) is 0 Å². The number of amides is 2. The van der Waals surface area contributed by atoms with E-state index < -0.39 is 5.91 Å². The molecule has 0 atom stereocenters. The van der Waals surface area contributed by atoms with Gasteiger partial charge in [0.25, 0.3) is 11.8 Å². The van der Waals surface area contributed by atoms with Gasteiger partial charge < -0.3 is 15.4 Å². The summed E-state index contributed by atoms with van der Waals surface area (Å²) in [6.45, 7) is 6.35. The van der Waals surface area contributed by atoms with Gasteiger partial charge in [-0.05, 0) is 59.0 Å². The summed E-state index contributed by atoms with van der Waals surface area (Å²) in [7, 11) is 1.59. The normalized spacial score (nSPS) is 11.6. The fourth-order valence-corrected chi connectivity index (χ4v) is 3.06. The van der Waals surface area contributed by atoms with Crippen LogP contribution in [-0.4, -0.2) is 18.9 Å². The molecule has 0 saturated carbocycles. The van der Waals surface area contributed by atoms with E-state index in [4.69, 9.17) is 4.74 Å². The maximum atomic E-state index is 13.0. The molecule has 0 fully saturated rings. The molecule has 3 aromatic rings. The van der Waals surface area contributed by atoms with Crippen molar-refractivity contribution in [1.82, 2.24) is 5.32 Å². The number of nitrogens with one attached hydrogen (secondary N) is 2. The fourth-order valence-electron chi connectivity index (χ4n) is 3.06. The van der Waals surface area contributed by atoms with Crippen LogP contribution in [-0.2, 0) is 10.2 Å². The van der Waals surface area contributed by atoms with Crippen LogP contribution in [0.2, 0.25) is 0 Å². The van der Waals surface area contributed by atoms with Crippen LogP contribution in [0.4, 0.5) is 5.69 Å². The van der Waals surface area contributed by atoms with Gasteiger partial charge in [-0.2, -0.15) is 0 Å². The number of ether oxygens (including phenoxy) is 1. The number of carbonyl (C=O) groups is 2. The first-order valence-corrected chi connectivity index (χ1v) is 10.4. The molecule has 0 aliphatic carbocycles. The lowest BCUT2D eigenvalue weighted by molar-refractivity contribution is -0.113. The largest absolute Gasteiger partial charge is 0.497 e. The molecular formula is C27H28N2O3. The molecule has 0 aliphatic rings. The summed E-state index contributed by atoms with van der Waals surface area (Å²) in [6, 6.07) is 23.8. The number of methoxy groups -OCH3 is 1. The third-order valence-electron chi connectivity index (χ3n) is 4.96. The molecular weight excluding hydrogens is 400 g/mol. The van der Waals surface area contributed by atoms with Gasteiger partial charge in [-0.25, -0.2) is 0 Å². The van der Waals surface area contributed by atoms with Gasteiger partial charge in [0.1, 0.15) is 11.4 Å². The Hall–Kier alpha value is -3.86. The number of hydrogen-bond acceptors (Lipinski definition) is 3. The van der Waals surface area contributed by atoms with E-state index in [0.717, 1.165) is 11.1 Å². The highest BCUT2D eigenvalue weighted by Gasteiger charge is 2.17. The predicted molar refractivity (Wildman–Crippen MR) is 129 cm³/mol. The molecule has 3 rings (SSSR count). The maximum absolute atomic E-state index is 13.0. The Morgan fingerprint density at radius 2 is 1.47 bits per heavy atom. The van der Waals surface area contributed by atoms with E-state index in [1.807, 2.05) is 42.5 Å². The second kappa shape index (κ2) is 9.96. The quantitative estimate of drug-likeness (QED) is 0.517. The monoisotopic (exact) mass is 428 g/mol. The van der Waals surface area contributed by atoms with Crippen LogP contribution in [0.15, 0.2) is 84.6 Å². The zero-order valence-corrected chi connectivity index (χ0v) is 18.8. The van der Waals surface area contributed by atoms with Crippen molar-refractivity contribution in [3.8, 4) is 5.75 Å². The minimum atomic E-state index is -0.410. The molecule has 2 amide bonds. The van der Waals surface area contributed by atoms with Crippen LogP contribution < -0.4 is 15.4 Å². The minimum Gasteiger partial charge on any atom is -0.497 e. The molecule has 5 nitrogen and oxygen atoms in total. The van der Waals surface area contributed by atoms with Gasteiger partial charge in [-0.1, -0.05) is 63.2 Å². The Kier molecular flexibility index (Phi) is 7.11. The average molecular weight is 429 g/mol. The Bertz CT molecular complexity index is 1090. The van der Waals surface area contributed by atoms with E-state index >= 15 is 0 Å². The Balaban J connectivity index is 1.86. The molecule has 164 valence electrons. The summed E-state index contributed by atoms with van der Waals surface area (Å²) in [4.78, 5) is 25.9. The predicted octanol–water partition coefficient (Wildman–Crippen LogP) is 5.40. The zero-order chi connectivity index (χ0) is 23.1. The standard InChI is InChI=1S/C27H28N2O3/c1-27(2,3)21-14-12-20(13-15-21)25(30)29-24(18-19-10-16-23(32-4)17-11-19)26(31)28-22-8-6-5-7-9-22/h5-18H,1-4H3,(H,28,31)(H,29,30)/b24-18+. The van der Waals surface area contributed by atoms with Crippen molar-refractivity contribution in [2.24, 2.45) is 0 Å². The first-order valence-electron chi connectivity index (χ1n) is 10.4. The smallest absolute Gasteiger partial charge is 0.272 e. The molecule has 0 aliphatic heterocycles. The number of hydrogen-bond donors (Lipinski definition) is 2. The molecule has 0 radical (unpaired) electrons. The highest BCUT2D eigenvalue weighted by molar-refractivity contribution is 6.10. The van der Waals surface area contributed by atoms with E-state index in [0.29, 0.717) is 17.0 Å². The highest BCUT2D eigenvalue weighted by Crippen LogP contribution is 2.22. The molecule has 3 aromatic carbocycles. The summed E-state index contributed by atoms with van der Waals surface area (Å²) >= 11 is 0. The molecule has 2 N–H and O–H groups in total. The maximum Gasteiger partial charge on any atom is 0.272 e. The van der Waals surface area contributed by atoms with E-state index in [9.17, 15) is 9.59 Å². The van der Waals surface area contributed by atoms with Gasteiger partial charge in [0.05, 0.1) is 7.11 Å². The van der Waals surface area contributed by atoms with Gasteiger partial charge in [-0.3, -0.25) is 9.59 Å². The number of carbonyl (C=O) groups excluding carboxylic acids is 2. The van der Waals surface area contributed by atoms with E-state index in [1.165, 1.54) is 0 Å². The molecule has 0 spiro atoms. The lowest BCUT2D eigenvalue weighted by Gasteiger charge is -2.19. The van der Waals surface area contributed by atoms with Crippen molar-refractivity contribution >= 4 is 23.6 Å². The van der Waals surface area contributed by atoms with Crippen LogP contribution >= 0.6 is 0 Å². The first-order chi connectivity index (χ1) is 15.3.